The van der Waals surface area contributed by atoms with Crippen molar-refractivity contribution >= 4 is 11.9 Å². The van der Waals surface area contributed by atoms with Gasteiger partial charge >= 0.3 is 12.1 Å². The number of pyridine rings is 1. The molecule has 0 saturated carbocycles. The number of aromatic nitrogens is 1. The molecule has 1 fully saturated rings. The number of hydrogen-bond acceptors (Lipinski definition) is 3. The first-order valence-electron chi connectivity index (χ1n) is 6.76. The number of carbonyl (C=O) groups is 2. The minimum absolute atomic E-state index is 0.101. The van der Waals surface area contributed by atoms with Crippen molar-refractivity contribution in [1.82, 2.24) is 9.88 Å². The Balaban J connectivity index is 2.22. The van der Waals surface area contributed by atoms with Crippen molar-refractivity contribution in [3.05, 3.63) is 29.6 Å². The average molecular weight is 316 g/mol. The standard InChI is InChI=1S/C14H15F3N2O3/c1-8-7-19(6-4-9(8)13(21)22)12(20)11-10(14(15,16)17)3-2-5-18-11/h2-3,5,8-9H,4,6-7H2,1H3,(H,21,22). The van der Waals surface area contributed by atoms with E-state index in [0.29, 0.717) is 0 Å². The zero-order valence-corrected chi connectivity index (χ0v) is 11.8. The molecule has 2 heterocycles. The normalized spacial score (nSPS) is 22.5. The maximum absolute atomic E-state index is 12.9. The Kier molecular flexibility index (Phi) is 4.39. The van der Waals surface area contributed by atoms with Crippen LogP contribution in [0.2, 0.25) is 0 Å². The lowest BCUT2D eigenvalue weighted by molar-refractivity contribution is -0.145. The van der Waals surface area contributed by atoms with Crippen LogP contribution in [-0.4, -0.2) is 40.0 Å². The molecule has 0 aromatic carbocycles. The van der Waals surface area contributed by atoms with Gasteiger partial charge in [0, 0.05) is 19.3 Å². The van der Waals surface area contributed by atoms with E-state index >= 15 is 0 Å². The zero-order valence-electron chi connectivity index (χ0n) is 11.8. The highest BCUT2D eigenvalue weighted by Gasteiger charge is 2.39. The fraction of sp³-hybridized carbons (Fsp3) is 0.500. The molecule has 2 unspecified atom stereocenters. The van der Waals surface area contributed by atoms with Crippen LogP contribution in [0.4, 0.5) is 13.2 Å². The minimum Gasteiger partial charge on any atom is -0.481 e. The first-order valence-corrected chi connectivity index (χ1v) is 6.76. The summed E-state index contributed by atoms with van der Waals surface area (Å²) in [5.41, 5.74) is -1.72. The summed E-state index contributed by atoms with van der Waals surface area (Å²) in [7, 11) is 0. The van der Waals surface area contributed by atoms with Crippen LogP contribution in [0.5, 0.6) is 0 Å². The third-order valence-corrected chi connectivity index (χ3v) is 3.83. The molecule has 22 heavy (non-hydrogen) atoms. The molecule has 0 spiro atoms. The number of amides is 1. The summed E-state index contributed by atoms with van der Waals surface area (Å²) in [6, 6.07) is 1.94. The van der Waals surface area contributed by atoms with Gasteiger partial charge in [0.2, 0.25) is 0 Å². The van der Waals surface area contributed by atoms with Gasteiger partial charge in [-0.3, -0.25) is 14.6 Å². The number of carboxylic acid groups (broad SMARTS) is 1. The molecule has 1 N–H and O–H groups in total. The molecule has 1 aliphatic rings. The van der Waals surface area contributed by atoms with E-state index in [1.54, 1.807) is 6.92 Å². The van der Waals surface area contributed by atoms with Gasteiger partial charge < -0.3 is 10.0 Å². The van der Waals surface area contributed by atoms with Crippen molar-refractivity contribution in [2.45, 2.75) is 19.5 Å². The van der Waals surface area contributed by atoms with Crippen LogP contribution in [0.1, 0.15) is 29.4 Å². The van der Waals surface area contributed by atoms with Crippen molar-refractivity contribution in [2.24, 2.45) is 11.8 Å². The Morgan fingerprint density at radius 3 is 2.64 bits per heavy atom. The second kappa shape index (κ2) is 5.94. The fourth-order valence-electron chi connectivity index (χ4n) is 2.65. The van der Waals surface area contributed by atoms with E-state index in [4.69, 9.17) is 5.11 Å². The molecule has 0 aliphatic carbocycles. The van der Waals surface area contributed by atoms with Gasteiger partial charge in [0.15, 0.2) is 0 Å². The van der Waals surface area contributed by atoms with Crippen LogP contribution in [-0.2, 0) is 11.0 Å². The van der Waals surface area contributed by atoms with E-state index in [1.807, 2.05) is 0 Å². The second-order valence-electron chi connectivity index (χ2n) is 5.36. The Bertz CT molecular complexity index is 589. The molecule has 2 rings (SSSR count). The quantitative estimate of drug-likeness (QED) is 0.909. The Hall–Kier alpha value is -2.12. The summed E-state index contributed by atoms with van der Waals surface area (Å²) in [6.07, 6.45) is -3.31. The molecule has 5 nitrogen and oxygen atoms in total. The number of rotatable bonds is 2. The molecule has 0 radical (unpaired) electrons. The van der Waals surface area contributed by atoms with Gasteiger partial charge in [0.05, 0.1) is 11.5 Å². The smallest absolute Gasteiger partial charge is 0.418 e. The van der Waals surface area contributed by atoms with Crippen LogP contribution in [0, 0.1) is 11.8 Å². The van der Waals surface area contributed by atoms with Crippen LogP contribution in [0.15, 0.2) is 18.3 Å². The van der Waals surface area contributed by atoms with Gasteiger partial charge in [-0.15, -0.1) is 0 Å². The lowest BCUT2D eigenvalue weighted by atomic mass is 9.87. The third-order valence-electron chi connectivity index (χ3n) is 3.83. The molecule has 1 aromatic rings. The molecule has 8 heteroatoms. The van der Waals surface area contributed by atoms with E-state index in [9.17, 15) is 22.8 Å². The van der Waals surface area contributed by atoms with Gasteiger partial charge in [-0.25, -0.2) is 0 Å². The highest BCUT2D eigenvalue weighted by atomic mass is 19.4. The van der Waals surface area contributed by atoms with Crippen LogP contribution in [0.3, 0.4) is 0 Å². The third kappa shape index (κ3) is 3.20. The minimum atomic E-state index is -4.66. The van der Waals surface area contributed by atoms with Crippen LogP contribution >= 0.6 is 0 Å². The highest BCUT2D eigenvalue weighted by molar-refractivity contribution is 5.94. The summed E-state index contributed by atoms with van der Waals surface area (Å²) in [4.78, 5) is 28.1. The fourth-order valence-corrected chi connectivity index (χ4v) is 2.65. The first kappa shape index (κ1) is 16.3. The first-order chi connectivity index (χ1) is 10.2. The van der Waals surface area contributed by atoms with Crippen molar-refractivity contribution in [3.63, 3.8) is 0 Å². The largest absolute Gasteiger partial charge is 0.481 e. The summed E-state index contributed by atoms with van der Waals surface area (Å²) < 4.78 is 38.8. The number of hydrogen-bond donors (Lipinski definition) is 1. The lowest BCUT2D eigenvalue weighted by Crippen LogP contribution is -2.45. The number of carboxylic acids is 1. The van der Waals surface area contributed by atoms with E-state index in [1.165, 1.54) is 4.90 Å². The number of halogens is 3. The SMILES string of the molecule is CC1CN(C(=O)c2ncccc2C(F)(F)F)CCC1C(=O)O. The van der Waals surface area contributed by atoms with E-state index < -0.39 is 35.2 Å². The van der Waals surface area contributed by atoms with Gasteiger partial charge in [0.25, 0.3) is 5.91 Å². The van der Waals surface area contributed by atoms with Gasteiger partial charge in [-0.05, 0) is 24.5 Å². The maximum atomic E-state index is 12.9. The number of nitrogens with zero attached hydrogens (tertiary/aromatic N) is 2. The number of piperidine rings is 1. The Morgan fingerprint density at radius 2 is 2.09 bits per heavy atom. The molecule has 1 saturated heterocycles. The number of alkyl halides is 3. The monoisotopic (exact) mass is 316 g/mol. The highest BCUT2D eigenvalue weighted by Crippen LogP contribution is 2.32. The number of likely N-dealkylation sites (tertiary alicyclic amines) is 1. The summed E-state index contributed by atoms with van der Waals surface area (Å²) >= 11 is 0. The average Bonchev–Trinajstić information content (AvgIpc) is 2.45. The van der Waals surface area contributed by atoms with Gasteiger partial charge in [-0.2, -0.15) is 13.2 Å². The van der Waals surface area contributed by atoms with Crippen molar-refractivity contribution in [1.29, 1.82) is 0 Å². The van der Waals surface area contributed by atoms with Crippen molar-refractivity contribution < 1.29 is 27.9 Å². The van der Waals surface area contributed by atoms with Crippen molar-refractivity contribution in [2.75, 3.05) is 13.1 Å². The number of carbonyl (C=O) groups excluding carboxylic acids is 1. The van der Waals surface area contributed by atoms with E-state index in [2.05, 4.69) is 4.98 Å². The molecule has 1 aromatic heterocycles. The molecular formula is C14H15F3N2O3. The molecule has 2 atom stereocenters. The molecule has 1 aliphatic heterocycles. The second-order valence-corrected chi connectivity index (χ2v) is 5.36. The zero-order chi connectivity index (χ0) is 16.5. The van der Waals surface area contributed by atoms with Crippen molar-refractivity contribution in [3.8, 4) is 0 Å². The summed E-state index contributed by atoms with van der Waals surface area (Å²) in [5, 5.41) is 9.04. The molecule has 120 valence electrons. The Labute approximate surface area is 124 Å². The maximum Gasteiger partial charge on any atom is 0.418 e. The van der Waals surface area contributed by atoms with Crippen LogP contribution in [0.25, 0.3) is 0 Å². The summed E-state index contributed by atoms with van der Waals surface area (Å²) in [5.74, 6) is -2.68. The molecule has 1 amide bonds. The van der Waals surface area contributed by atoms with Crippen LogP contribution < -0.4 is 0 Å². The molecule has 0 bridgehead atoms. The topological polar surface area (TPSA) is 70.5 Å². The Morgan fingerprint density at radius 1 is 1.41 bits per heavy atom. The van der Waals surface area contributed by atoms with Gasteiger partial charge in [0.1, 0.15) is 5.69 Å². The summed E-state index contributed by atoms with van der Waals surface area (Å²) in [6.45, 7) is 1.87. The number of aliphatic carboxylic acids is 1. The van der Waals surface area contributed by atoms with Gasteiger partial charge in [-0.1, -0.05) is 6.92 Å². The van der Waals surface area contributed by atoms with E-state index in [0.717, 1.165) is 18.3 Å². The van der Waals surface area contributed by atoms with E-state index in [-0.39, 0.29) is 25.4 Å². The lowest BCUT2D eigenvalue weighted by Gasteiger charge is -2.35. The predicted octanol–water partition coefficient (Wildman–Crippen LogP) is 2.28. The molecular weight excluding hydrogens is 301 g/mol. The predicted molar refractivity (Wildman–Crippen MR) is 70.0 cm³/mol.